The van der Waals surface area contributed by atoms with Gasteiger partial charge in [-0.3, -0.25) is 0 Å². The number of hydrogen-bond acceptors (Lipinski definition) is 3. The van der Waals surface area contributed by atoms with E-state index in [2.05, 4.69) is 30.4 Å². The minimum atomic E-state index is 0.243. The summed E-state index contributed by atoms with van der Waals surface area (Å²) in [7, 11) is 0. The van der Waals surface area contributed by atoms with E-state index in [1.807, 2.05) is 9.80 Å². The van der Waals surface area contributed by atoms with Crippen molar-refractivity contribution in [3.8, 4) is 5.75 Å². The van der Waals surface area contributed by atoms with Crippen molar-refractivity contribution >= 4 is 6.03 Å². The number of carbonyl (C=O) groups is 1. The van der Waals surface area contributed by atoms with Crippen LogP contribution in [-0.2, 0) is 13.0 Å². The Labute approximate surface area is 150 Å². The summed E-state index contributed by atoms with van der Waals surface area (Å²) in [6.07, 6.45) is 5.85. The predicted molar refractivity (Wildman–Crippen MR) is 97.9 cm³/mol. The second-order valence-corrected chi connectivity index (χ2v) is 7.72. The number of amides is 2. The largest absolute Gasteiger partial charge is 0.490 e. The smallest absolute Gasteiger partial charge is 0.320 e. The number of piperidine rings is 1. The van der Waals surface area contributed by atoms with Crippen LogP contribution in [0.5, 0.6) is 5.75 Å². The number of nitrogens with zero attached hydrogens (tertiary/aromatic N) is 2. The first-order valence-corrected chi connectivity index (χ1v) is 9.75. The molecule has 5 nitrogen and oxygen atoms in total. The number of carbonyl (C=O) groups excluding carboxylic acids is 1. The first-order valence-electron chi connectivity index (χ1n) is 9.75. The van der Waals surface area contributed by atoms with Crippen molar-refractivity contribution < 1.29 is 9.53 Å². The van der Waals surface area contributed by atoms with E-state index in [0.29, 0.717) is 12.1 Å². The zero-order valence-corrected chi connectivity index (χ0v) is 15.2. The molecule has 3 aliphatic rings. The summed E-state index contributed by atoms with van der Waals surface area (Å²) in [5.41, 5.74) is 2.63. The highest BCUT2D eigenvalue weighted by molar-refractivity contribution is 5.74. The minimum Gasteiger partial charge on any atom is -0.490 e. The number of ether oxygens (including phenoxy) is 1. The Hall–Kier alpha value is -1.75. The SMILES string of the molecule is CC1Cc2cc(CNC3CCCN(C(=O)N4CCCC4)C3)ccc2O1. The lowest BCUT2D eigenvalue weighted by Crippen LogP contribution is -2.51. The van der Waals surface area contributed by atoms with Crippen molar-refractivity contribution in [2.75, 3.05) is 26.2 Å². The third kappa shape index (κ3) is 3.76. The zero-order chi connectivity index (χ0) is 17.2. The molecule has 0 bridgehead atoms. The summed E-state index contributed by atoms with van der Waals surface area (Å²) in [6, 6.07) is 7.15. The molecule has 0 spiro atoms. The maximum Gasteiger partial charge on any atom is 0.320 e. The topological polar surface area (TPSA) is 44.8 Å². The third-order valence-electron chi connectivity index (χ3n) is 5.62. The number of likely N-dealkylation sites (tertiary alicyclic amines) is 2. The monoisotopic (exact) mass is 343 g/mol. The fourth-order valence-corrected chi connectivity index (χ4v) is 4.27. The lowest BCUT2D eigenvalue weighted by molar-refractivity contribution is 0.142. The average Bonchev–Trinajstić information content (AvgIpc) is 3.28. The van der Waals surface area contributed by atoms with E-state index in [4.69, 9.17) is 4.74 Å². The van der Waals surface area contributed by atoms with E-state index in [0.717, 1.165) is 70.6 Å². The molecule has 1 aromatic carbocycles. The summed E-state index contributed by atoms with van der Waals surface area (Å²) in [6.45, 7) is 6.58. The molecule has 3 heterocycles. The normalized spacial score (nSPS) is 25.8. The molecule has 2 unspecified atom stereocenters. The van der Waals surface area contributed by atoms with Gasteiger partial charge in [-0.25, -0.2) is 4.79 Å². The highest BCUT2D eigenvalue weighted by Crippen LogP contribution is 2.29. The van der Waals surface area contributed by atoms with Crippen LogP contribution in [0.15, 0.2) is 18.2 Å². The molecule has 136 valence electrons. The number of rotatable bonds is 3. The van der Waals surface area contributed by atoms with E-state index in [-0.39, 0.29) is 6.03 Å². The van der Waals surface area contributed by atoms with Crippen molar-refractivity contribution in [1.82, 2.24) is 15.1 Å². The van der Waals surface area contributed by atoms with Crippen LogP contribution in [0.1, 0.15) is 43.7 Å². The number of benzene rings is 1. The van der Waals surface area contributed by atoms with Crippen LogP contribution in [0.4, 0.5) is 4.79 Å². The molecule has 25 heavy (non-hydrogen) atoms. The van der Waals surface area contributed by atoms with Crippen LogP contribution < -0.4 is 10.1 Å². The Balaban J connectivity index is 1.31. The number of hydrogen-bond donors (Lipinski definition) is 1. The fourth-order valence-electron chi connectivity index (χ4n) is 4.27. The minimum absolute atomic E-state index is 0.243. The fraction of sp³-hybridized carbons (Fsp3) is 0.650. The van der Waals surface area contributed by atoms with Gasteiger partial charge in [0.1, 0.15) is 11.9 Å². The molecule has 0 saturated carbocycles. The van der Waals surface area contributed by atoms with E-state index in [1.165, 1.54) is 11.1 Å². The Morgan fingerprint density at radius 1 is 1.20 bits per heavy atom. The molecular weight excluding hydrogens is 314 g/mol. The van der Waals surface area contributed by atoms with Crippen molar-refractivity contribution in [1.29, 1.82) is 0 Å². The molecule has 4 rings (SSSR count). The predicted octanol–water partition coefficient (Wildman–Crippen LogP) is 2.78. The van der Waals surface area contributed by atoms with E-state index in [9.17, 15) is 4.79 Å². The second-order valence-electron chi connectivity index (χ2n) is 7.72. The van der Waals surface area contributed by atoms with Gasteiger partial charge in [-0.05, 0) is 49.8 Å². The van der Waals surface area contributed by atoms with E-state index < -0.39 is 0 Å². The third-order valence-corrected chi connectivity index (χ3v) is 5.62. The Morgan fingerprint density at radius 3 is 2.84 bits per heavy atom. The molecule has 1 N–H and O–H groups in total. The Bertz CT molecular complexity index is 627. The van der Waals surface area contributed by atoms with Gasteiger partial charge in [-0.15, -0.1) is 0 Å². The lowest BCUT2D eigenvalue weighted by atomic mass is 10.0. The molecular formula is C20H29N3O2. The van der Waals surface area contributed by atoms with Crippen LogP contribution in [0.25, 0.3) is 0 Å². The summed E-state index contributed by atoms with van der Waals surface area (Å²) in [5.74, 6) is 1.04. The first-order chi connectivity index (χ1) is 12.2. The number of nitrogens with one attached hydrogen (secondary N) is 1. The van der Waals surface area contributed by atoms with E-state index >= 15 is 0 Å². The van der Waals surface area contributed by atoms with Crippen LogP contribution in [0, 0.1) is 0 Å². The molecule has 2 fully saturated rings. The molecule has 2 atom stereocenters. The van der Waals surface area contributed by atoms with Gasteiger partial charge in [0, 0.05) is 45.2 Å². The van der Waals surface area contributed by atoms with Crippen LogP contribution in [-0.4, -0.2) is 54.2 Å². The molecule has 2 saturated heterocycles. The molecule has 1 aromatic rings. The quantitative estimate of drug-likeness (QED) is 0.918. The Kier molecular flexibility index (Phi) is 4.84. The molecule has 5 heteroatoms. The Morgan fingerprint density at radius 2 is 2.00 bits per heavy atom. The van der Waals surface area contributed by atoms with Gasteiger partial charge >= 0.3 is 6.03 Å². The standard InChI is InChI=1S/C20H29N3O2/c1-15-11-17-12-16(6-7-19(17)25-15)13-21-18-5-4-10-23(14-18)20(24)22-8-2-3-9-22/h6-7,12,15,18,21H,2-5,8-11,13-14H2,1H3. The van der Waals surface area contributed by atoms with Gasteiger partial charge in [-0.1, -0.05) is 12.1 Å². The van der Waals surface area contributed by atoms with E-state index in [1.54, 1.807) is 0 Å². The summed E-state index contributed by atoms with van der Waals surface area (Å²) in [5, 5.41) is 3.66. The van der Waals surface area contributed by atoms with Crippen molar-refractivity contribution in [2.45, 2.75) is 57.7 Å². The maximum absolute atomic E-state index is 12.6. The van der Waals surface area contributed by atoms with Gasteiger partial charge in [0.15, 0.2) is 0 Å². The lowest BCUT2D eigenvalue weighted by Gasteiger charge is -2.35. The summed E-state index contributed by atoms with van der Waals surface area (Å²) >= 11 is 0. The molecule has 0 aromatic heterocycles. The van der Waals surface area contributed by atoms with Gasteiger partial charge in [0.2, 0.25) is 0 Å². The van der Waals surface area contributed by atoms with Gasteiger partial charge < -0.3 is 19.9 Å². The summed E-state index contributed by atoms with van der Waals surface area (Å²) < 4.78 is 5.78. The first kappa shape index (κ1) is 16.7. The highest BCUT2D eigenvalue weighted by atomic mass is 16.5. The summed E-state index contributed by atoms with van der Waals surface area (Å²) in [4.78, 5) is 16.7. The van der Waals surface area contributed by atoms with Crippen molar-refractivity contribution in [2.24, 2.45) is 0 Å². The van der Waals surface area contributed by atoms with Crippen molar-refractivity contribution in [3.05, 3.63) is 29.3 Å². The van der Waals surface area contributed by atoms with Crippen molar-refractivity contribution in [3.63, 3.8) is 0 Å². The maximum atomic E-state index is 12.6. The van der Waals surface area contributed by atoms with Gasteiger partial charge in [-0.2, -0.15) is 0 Å². The second kappa shape index (κ2) is 7.24. The zero-order valence-electron chi connectivity index (χ0n) is 15.2. The van der Waals surface area contributed by atoms with Crippen LogP contribution >= 0.6 is 0 Å². The highest BCUT2D eigenvalue weighted by Gasteiger charge is 2.28. The molecule has 0 radical (unpaired) electrons. The molecule has 2 amide bonds. The number of fused-ring (bicyclic) bond motifs is 1. The van der Waals surface area contributed by atoms with Crippen LogP contribution in [0.3, 0.4) is 0 Å². The molecule has 3 aliphatic heterocycles. The average molecular weight is 343 g/mol. The van der Waals surface area contributed by atoms with Crippen LogP contribution in [0.2, 0.25) is 0 Å². The van der Waals surface area contributed by atoms with Gasteiger partial charge in [0.25, 0.3) is 0 Å². The van der Waals surface area contributed by atoms with Gasteiger partial charge in [0.05, 0.1) is 0 Å². The molecule has 0 aliphatic carbocycles. The number of urea groups is 1.